The average molecular weight is 462 g/mol. The van der Waals surface area contributed by atoms with Gasteiger partial charge in [0.25, 0.3) is 11.8 Å². The van der Waals surface area contributed by atoms with Crippen molar-refractivity contribution >= 4 is 56.9 Å². The first-order valence-electron chi connectivity index (χ1n) is 9.77. The van der Waals surface area contributed by atoms with E-state index in [1.807, 2.05) is 24.3 Å². The molecule has 33 heavy (non-hydrogen) atoms. The molecule has 11 heteroatoms. The molecule has 0 spiro atoms. The quantitative estimate of drug-likeness (QED) is 0.327. The second-order valence-corrected chi connectivity index (χ2v) is 7.73. The van der Waals surface area contributed by atoms with E-state index in [0.717, 1.165) is 17.0 Å². The van der Waals surface area contributed by atoms with Crippen LogP contribution in [0.2, 0.25) is 0 Å². The van der Waals surface area contributed by atoms with E-state index >= 15 is 0 Å². The third kappa shape index (κ3) is 5.10. The standard InChI is InChI=1S/C22H18N6O4S/c1-12-19(21(32)25-14-6-4-5-13(9-14)20(31)24-11-18(29)30)22(33-28-12)27-17-10-23-15-7-2-3-8-16(15)26-17/h2-10H,11H2,1H3,(H,24,31)(H,25,32)(H,26,27)(H,29,30). The van der Waals surface area contributed by atoms with Gasteiger partial charge in [-0.25, -0.2) is 4.98 Å². The summed E-state index contributed by atoms with van der Waals surface area (Å²) < 4.78 is 4.27. The second kappa shape index (κ2) is 9.40. The molecule has 10 nitrogen and oxygen atoms in total. The Balaban J connectivity index is 1.52. The van der Waals surface area contributed by atoms with Gasteiger partial charge in [-0.3, -0.25) is 19.4 Å². The Morgan fingerprint density at radius 2 is 1.82 bits per heavy atom. The number of carbonyl (C=O) groups is 3. The molecule has 0 unspecified atom stereocenters. The summed E-state index contributed by atoms with van der Waals surface area (Å²) in [5.41, 5.74) is 2.95. The summed E-state index contributed by atoms with van der Waals surface area (Å²) >= 11 is 1.12. The Bertz CT molecular complexity index is 1370. The van der Waals surface area contributed by atoms with Crippen LogP contribution in [0.1, 0.15) is 26.4 Å². The number of aliphatic carboxylic acids is 1. The van der Waals surface area contributed by atoms with Crippen LogP contribution in [0, 0.1) is 6.92 Å². The first-order valence-corrected chi connectivity index (χ1v) is 10.5. The monoisotopic (exact) mass is 462 g/mol. The van der Waals surface area contributed by atoms with Crippen LogP contribution in [0.15, 0.2) is 54.7 Å². The minimum atomic E-state index is -1.15. The fraction of sp³-hybridized carbons (Fsp3) is 0.0909. The molecule has 0 atom stereocenters. The Kier molecular flexibility index (Phi) is 6.22. The number of rotatable bonds is 7. The van der Waals surface area contributed by atoms with Crippen molar-refractivity contribution in [2.45, 2.75) is 6.92 Å². The summed E-state index contributed by atoms with van der Waals surface area (Å²) in [6.07, 6.45) is 1.58. The van der Waals surface area contributed by atoms with Crippen molar-refractivity contribution in [3.8, 4) is 0 Å². The third-order valence-corrected chi connectivity index (χ3v) is 5.42. The van der Waals surface area contributed by atoms with Gasteiger partial charge < -0.3 is 21.1 Å². The molecule has 2 amide bonds. The molecule has 0 aliphatic heterocycles. The number of hydrogen-bond donors (Lipinski definition) is 4. The highest BCUT2D eigenvalue weighted by atomic mass is 32.1. The van der Waals surface area contributed by atoms with Gasteiger partial charge in [-0.2, -0.15) is 4.37 Å². The number of fused-ring (bicyclic) bond motifs is 1. The maximum absolute atomic E-state index is 13.0. The number of benzene rings is 2. The Labute approximate surface area is 191 Å². The number of amides is 2. The van der Waals surface area contributed by atoms with Crippen LogP contribution in [0.3, 0.4) is 0 Å². The Morgan fingerprint density at radius 3 is 2.61 bits per heavy atom. The van der Waals surface area contributed by atoms with Crippen LogP contribution in [0.25, 0.3) is 11.0 Å². The molecule has 0 bridgehead atoms. The highest BCUT2D eigenvalue weighted by Crippen LogP contribution is 2.28. The molecule has 0 saturated heterocycles. The minimum Gasteiger partial charge on any atom is -0.480 e. The number of nitrogens with zero attached hydrogens (tertiary/aromatic N) is 3. The number of hydrogen-bond acceptors (Lipinski definition) is 8. The fourth-order valence-corrected chi connectivity index (χ4v) is 3.85. The summed E-state index contributed by atoms with van der Waals surface area (Å²) in [4.78, 5) is 44.6. The van der Waals surface area contributed by atoms with Crippen LogP contribution < -0.4 is 16.0 Å². The predicted molar refractivity (Wildman–Crippen MR) is 124 cm³/mol. The van der Waals surface area contributed by atoms with Crippen molar-refractivity contribution in [2.24, 2.45) is 0 Å². The van der Waals surface area contributed by atoms with Crippen molar-refractivity contribution in [2.75, 3.05) is 17.2 Å². The lowest BCUT2D eigenvalue weighted by Crippen LogP contribution is -2.29. The number of aromatic nitrogens is 3. The van der Waals surface area contributed by atoms with E-state index < -0.39 is 24.3 Å². The van der Waals surface area contributed by atoms with E-state index in [4.69, 9.17) is 5.11 Å². The summed E-state index contributed by atoms with van der Waals surface area (Å²) in [6, 6.07) is 13.7. The summed E-state index contributed by atoms with van der Waals surface area (Å²) in [5, 5.41) is 17.4. The summed E-state index contributed by atoms with van der Waals surface area (Å²) in [6.45, 7) is 1.22. The summed E-state index contributed by atoms with van der Waals surface area (Å²) in [5.74, 6) is -1.65. The van der Waals surface area contributed by atoms with Crippen LogP contribution >= 0.6 is 11.5 Å². The SMILES string of the molecule is Cc1nsc(Nc2cnc3ccccc3n2)c1C(=O)Nc1cccc(C(=O)NCC(=O)O)c1. The molecule has 2 aromatic carbocycles. The maximum Gasteiger partial charge on any atom is 0.322 e. The minimum absolute atomic E-state index is 0.221. The topological polar surface area (TPSA) is 146 Å². The number of carbonyl (C=O) groups excluding carboxylic acids is 2. The lowest BCUT2D eigenvalue weighted by Gasteiger charge is -2.10. The smallest absolute Gasteiger partial charge is 0.322 e. The predicted octanol–water partition coefficient (Wildman–Crippen LogP) is 3.21. The molecule has 4 N–H and O–H groups in total. The van der Waals surface area contributed by atoms with Gasteiger partial charge in [-0.05, 0) is 48.8 Å². The largest absolute Gasteiger partial charge is 0.480 e. The van der Waals surface area contributed by atoms with E-state index in [9.17, 15) is 14.4 Å². The first kappa shape index (κ1) is 21.8. The van der Waals surface area contributed by atoms with E-state index in [1.165, 1.54) is 12.1 Å². The van der Waals surface area contributed by atoms with Gasteiger partial charge in [0.05, 0.1) is 28.5 Å². The van der Waals surface area contributed by atoms with Gasteiger partial charge in [0.2, 0.25) is 0 Å². The maximum atomic E-state index is 13.0. The molecule has 0 aliphatic carbocycles. The van der Waals surface area contributed by atoms with Crippen molar-refractivity contribution in [1.29, 1.82) is 0 Å². The van der Waals surface area contributed by atoms with Gasteiger partial charge in [-0.1, -0.05) is 18.2 Å². The van der Waals surface area contributed by atoms with Gasteiger partial charge in [0.1, 0.15) is 17.4 Å². The molecular formula is C22H18N6O4S. The normalized spacial score (nSPS) is 10.6. The number of nitrogens with one attached hydrogen (secondary N) is 3. The van der Waals surface area contributed by atoms with Gasteiger partial charge in [-0.15, -0.1) is 0 Å². The number of carboxylic acids is 1. The van der Waals surface area contributed by atoms with Crippen LogP contribution in [0.5, 0.6) is 0 Å². The molecule has 0 saturated carbocycles. The lowest BCUT2D eigenvalue weighted by molar-refractivity contribution is -0.135. The van der Waals surface area contributed by atoms with Crippen LogP contribution in [-0.4, -0.2) is 43.8 Å². The number of anilines is 3. The highest BCUT2D eigenvalue weighted by molar-refractivity contribution is 7.10. The van der Waals surface area contributed by atoms with E-state index in [0.29, 0.717) is 33.3 Å². The highest BCUT2D eigenvalue weighted by Gasteiger charge is 2.20. The first-order chi connectivity index (χ1) is 15.9. The zero-order valence-corrected chi connectivity index (χ0v) is 18.1. The second-order valence-electron chi connectivity index (χ2n) is 6.95. The lowest BCUT2D eigenvalue weighted by atomic mass is 10.1. The van der Waals surface area contributed by atoms with Gasteiger partial charge >= 0.3 is 5.97 Å². The van der Waals surface area contributed by atoms with Crippen molar-refractivity contribution in [3.05, 3.63) is 71.5 Å². The zero-order chi connectivity index (χ0) is 23.4. The molecule has 0 fully saturated rings. The van der Waals surface area contributed by atoms with E-state index in [-0.39, 0.29) is 5.56 Å². The number of para-hydroxylation sites is 2. The van der Waals surface area contributed by atoms with Crippen LogP contribution in [-0.2, 0) is 4.79 Å². The van der Waals surface area contributed by atoms with Gasteiger partial charge in [0.15, 0.2) is 0 Å². The molecule has 0 aliphatic rings. The number of aryl methyl sites for hydroxylation is 1. The molecule has 2 aromatic heterocycles. The third-order valence-electron chi connectivity index (χ3n) is 4.56. The van der Waals surface area contributed by atoms with Gasteiger partial charge in [0, 0.05) is 11.3 Å². The fourth-order valence-electron chi connectivity index (χ4n) is 3.05. The number of carboxylic acid groups (broad SMARTS) is 1. The van der Waals surface area contributed by atoms with Crippen molar-refractivity contribution in [1.82, 2.24) is 19.7 Å². The molecule has 0 radical (unpaired) electrons. The van der Waals surface area contributed by atoms with Crippen LogP contribution in [0.4, 0.5) is 16.5 Å². The Morgan fingerprint density at radius 1 is 1.03 bits per heavy atom. The van der Waals surface area contributed by atoms with E-state index in [2.05, 4.69) is 30.3 Å². The van der Waals surface area contributed by atoms with Crippen molar-refractivity contribution < 1.29 is 19.5 Å². The zero-order valence-electron chi connectivity index (χ0n) is 17.3. The Hall–Kier alpha value is -4.38. The molecular weight excluding hydrogens is 444 g/mol. The molecule has 4 aromatic rings. The van der Waals surface area contributed by atoms with E-state index in [1.54, 1.807) is 25.3 Å². The molecule has 2 heterocycles. The molecule has 166 valence electrons. The summed E-state index contributed by atoms with van der Waals surface area (Å²) in [7, 11) is 0. The average Bonchev–Trinajstić information content (AvgIpc) is 3.17. The van der Waals surface area contributed by atoms with Crippen molar-refractivity contribution in [3.63, 3.8) is 0 Å². The molecule has 4 rings (SSSR count).